The Morgan fingerprint density at radius 3 is 1.98 bits per heavy atom. The zero-order valence-electron chi connectivity index (χ0n) is 30.6. The number of hydrogen-bond acceptors (Lipinski definition) is 16. The van der Waals surface area contributed by atoms with Gasteiger partial charge in [-0.1, -0.05) is 0 Å². The highest BCUT2D eigenvalue weighted by atomic mass is 32.2. The molecule has 0 spiro atoms. The Balaban J connectivity index is 1.94. The fraction of sp³-hybridized carbons (Fsp3) is 0.677. The number of methoxy groups -OCH3 is 4. The predicted molar refractivity (Wildman–Crippen MR) is 192 cm³/mol. The van der Waals surface area contributed by atoms with E-state index in [1.807, 2.05) is 14.5 Å². The highest BCUT2D eigenvalue weighted by molar-refractivity contribution is 7.87. The molecule has 2 amide bonds. The average molecular weight is 738 g/mol. The first-order valence-electron chi connectivity index (χ1n) is 16.7. The molecule has 2 saturated heterocycles. The molecule has 2 aliphatic heterocycles. The maximum atomic E-state index is 13.0. The highest BCUT2D eigenvalue weighted by Crippen LogP contribution is 2.34. The summed E-state index contributed by atoms with van der Waals surface area (Å²) in [5.74, 6) is 0.678. The zero-order chi connectivity index (χ0) is 37.1. The van der Waals surface area contributed by atoms with E-state index in [2.05, 4.69) is 4.90 Å². The first-order chi connectivity index (χ1) is 24.4. The molecule has 19 nitrogen and oxygen atoms in total. The molecule has 2 aliphatic rings. The molecule has 1 N–H and O–H groups in total. The minimum absolute atomic E-state index is 0.0612. The van der Waals surface area contributed by atoms with Crippen molar-refractivity contribution < 1.29 is 37.0 Å². The third-order valence-electron chi connectivity index (χ3n) is 8.64. The summed E-state index contributed by atoms with van der Waals surface area (Å²) in [5, 5.41) is 0. The SMILES string of the molecule is COCCN(C=CC(=O)NS(=O)(=O)N(C)C)c1nc(N2CCN(C)C(=O)C2)c2nc(N(CCOC)CCOC)nc(N3CCC(OC)CC3)c2n1. The van der Waals surface area contributed by atoms with E-state index >= 15 is 0 Å². The molecular formula is C31H51N11O8S. The first kappa shape index (κ1) is 39.8. The van der Waals surface area contributed by atoms with Crippen LogP contribution < -0.4 is 24.3 Å². The number of anilines is 4. The van der Waals surface area contributed by atoms with Crippen molar-refractivity contribution in [3.63, 3.8) is 0 Å². The molecule has 0 unspecified atom stereocenters. The summed E-state index contributed by atoms with van der Waals surface area (Å²) in [6.45, 7) is 4.61. The van der Waals surface area contributed by atoms with Crippen LogP contribution in [0.3, 0.4) is 0 Å². The van der Waals surface area contributed by atoms with Gasteiger partial charge in [-0.2, -0.15) is 22.7 Å². The Morgan fingerprint density at radius 2 is 1.41 bits per heavy atom. The van der Waals surface area contributed by atoms with Gasteiger partial charge in [0.2, 0.25) is 17.8 Å². The topological polar surface area (TPSA) is 188 Å². The van der Waals surface area contributed by atoms with Crippen LogP contribution in [0.1, 0.15) is 12.8 Å². The average Bonchev–Trinajstić information content (AvgIpc) is 3.11. The molecule has 0 aliphatic carbocycles. The van der Waals surface area contributed by atoms with Crippen molar-refractivity contribution in [3.05, 3.63) is 12.3 Å². The number of aromatic nitrogens is 4. The van der Waals surface area contributed by atoms with Crippen LogP contribution in [-0.2, 0) is 38.7 Å². The van der Waals surface area contributed by atoms with Crippen LogP contribution in [0.5, 0.6) is 0 Å². The molecule has 0 radical (unpaired) electrons. The van der Waals surface area contributed by atoms with Crippen molar-refractivity contribution in [2.24, 2.45) is 0 Å². The fourth-order valence-electron chi connectivity index (χ4n) is 5.47. The molecule has 2 fully saturated rings. The maximum absolute atomic E-state index is 13.0. The van der Waals surface area contributed by atoms with Crippen molar-refractivity contribution in [3.8, 4) is 0 Å². The molecular weight excluding hydrogens is 686 g/mol. The van der Waals surface area contributed by atoms with Crippen molar-refractivity contribution in [2.75, 3.05) is 141 Å². The smallest absolute Gasteiger partial charge is 0.303 e. The first-order valence-corrected chi connectivity index (χ1v) is 18.1. The second kappa shape index (κ2) is 18.5. The van der Waals surface area contributed by atoms with Crippen LogP contribution in [0.4, 0.5) is 23.5 Å². The molecule has 20 heteroatoms. The van der Waals surface area contributed by atoms with Gasteiger partial charge in [-0.15, -0.1) is 0 Å². The zero-order valence-corrected chi connectivity index (χ0v) is 31.4. The third-order valence-corrected chi connectivity index (χ3v) is 10.1. The van der Waals surface area contributed by atoms with Crippen molar-refractivity contribution >= 4 is 56.6 Å². The van der Waals surface area contributed by atoms with Crippen LogP contribution in [0.15, 0.2) is 12.3 Å². The van der Waals surface area contributed by atoms with E-state index in [1.165, 1.54) is 27.4 Å². The van der Waals surface area contributed by atoms with Crippen LogP contribution in [0.25, 0.3) is 11.0 Å². The molecule has 0 aromatic carbocycles. The van der Waals surface area contributed by atoms with E-state index in [-0.39, 0.29) is 37.7 Å². The van der Waals surface area contributed by atoms with E-state index < -0.39 is 16.1 Å². The number of ether oxygens (including phenoxy) is 4. The van der Waals surface area contributed by atoms with E-state index in [4.69, 9.17) is 38.9 Å². The van der Waals surface area contributed by atoms with E-state index in [9.17, 15) is 18.0 Å². The molecule has 4 heterocycles. The molecule has 0 atom stereocenters. The van der Waals surface area contributed by atoms with Gasteiger partial charge in [0.15, 0.2) is 11.6 Å². The molecule has 0 saturated carbocycles. The van der Waals surface area contributed by atoms with Gasteiger partial charge < -0.3 is 43.4 Å². The van der Waals surface area contributed by atoms with Crippen molar-refractivity contribution in [1.82, 2.24) is 33.9 Å². The summed E-state index contributed by atoms with van der Waals surface area (Å²) < 4.78 is 49.3. The van der Waals surface area contributed by atoms with Gasteiger partial charge in [-0.25, -0.2) is 14.7 Å². The Morgan fingerprint density at radius 1 is 0.843 bits per heavy atom. The molecule has 284 valence electrons. The fourth-order valence-corrected chi connectivity index (χ4v) is 5.98. The Kier molecular flexibility index (Phi) is 14.5. The van der Waals surface area contributed by atoms with Crippen LogP contribution in [-0.4, -0.2) is 177 Å². The molecule has 2 aromatic heterocycles. The number of likely N-dealkylation sites (N-methyl/N-ethyl adjacent to an activating group) is 1. The Bertz CT molecular complexity index is 1610. The number of piperazine rings is 1. The summed E-state index contributed by atoms with van der Waals surface area (Å²) in [5.41, 5.74) is 0.908. The minimum Gasteiger partial charge on any atom is -0.383 e. The second-order valence-corrected chi connectivity index (χ2v) is 14.2. The lowest BCUT2D eigenvalue weighted by atomic mass is 10.1. The molecule has 4 rings (SSSR count). The predicted octanol–water partition coefficient (Wildman–Crippen LogP) is -0.698. The monoisotopic (exact) mass is 737 g/mol. The lowest BCUT2D eigenvalue weighted by Crippen LogP contribution is -2.49. The van der Waals surface area contributed by atoms with E-state index in [0.29, 0.717) is 81.1 Å². The van der Waals surface area contributed by atoms with Crippen LogP contribution in [0, 0.1) is 0 Å². The van der Waals surface area contributed by atoms with Gasteiger partial charge in [0.1, 0.15) is 11.0 Å². The minimum atomic E-state index is -4.02. The van der Waals surface area contributed by atoms with Gasteiger partial charge in [-0.3, -0.25) is 9.59 Å². The summed E-state index contributed by atoms with van der Waals surface area (Å²) >= 11 is 0. The van der Waals surface area contributed by atoms with Crippen molar-refractivity contribution in [1.29, 1.82) is 0 Å². The number of fused-ring (bicyclic) bond motifs is 1. The van der Waals surface area contributed by atoms with Crippen LogP contribution in [0.2, 0.25) is 0 Å². The number of amides is 2. The number of carbonyl (C=O) groups excluding carboxylic acids is 2. The lowest BCUT2D eigenvalue weighted by molar-refractivity contribution is -0.129. The summed E-state index contributed by atoms with van der Waals surface area (Å²) in [7, 11) is 6.88. The summed E-state index contributed by atoms with van der Waals surface area (Å²) in [6.07, 6.45) is 4.15. The van der Waals surface area contributed by atoms with Gasteiger partial charge in [0.05, 0.1) is 32.5 Å². The highest BCUT2D eigenvalue weighted by Gasteiger charge is 2.30. The molecule has 0 bridgehead atoms. The van der Waals surface area contributed by atoms with Gasteiger partial charge in [0.25, 0.3) is 5.91 Å². The maximum Gasteiger partial charge on any atom is 0.303 e. The summed E-state index contributed by atoms with van der Waals surface area (Å²) in [4.78, 5) is 55.1. The number of rotatable bonds is 18. The van der Waals surface area contributed by atoms with Gasteiger partial charge >= 0.3 is 10.2 Å². The van der Waals surface area contributed by atoms with Gasteiger partial charge in [-0.05, 0) is 12.8 Å². The third kappa shape index (κ3) is 10.3. The molecule has 2 aromatic rings. The summed E-state index contributed by atoms with van der Waals surface area (Å²) in [6, 6.07) is 0. The number of nitrogens with one attached hydrogen (secondary N) is 1. The lowest BCUT2D eigenvalue weighted by Gasteiger charge is -2.35. The second-order valence-electron chi connectivity index (χ2n) is 12.3. The van der Waals surface area contributed by atoms with E-state index in [0.717, 1.165) is 23.2 Å². The van der Waals surface area contributed by atoms with Crippen molar-refractivity contribution in [2.45, 2.75) is 18.9 Å². The normalized spacial score (nSPS) is 16.2. The molecule has 51 heavy (non-hydrogen) atoms. The number of hydrogen-bond donors (Lipinski definition) is 1. The number of piperidine rings is 1. The standard InChI is InChI=1S/C31H51N11O8S/c1-37(2)51(45,46)36-24(43)10-13-40(16-19-47-4)30-32-26-27(29(35-30)42-15-14-38(3)25(44)22-42)33-31(41(17-20-48-5)18-21-49-6)34-28(26)39-11-8-23(50-7)9-12-39/h10,13,23H,8-9,11-12,14-22H2,1-7H3,(H,36,43). The van der Waals surface area contributed by atoms with Gasteiger partial charge in [0, 0.05) is 108 Å². The number of carbonyl (C=O) groups is 2. The largest absolute Gasteiger partial charge is 0.383 e. The Labute approximate surface area is 299 Å². The Hall–Kier alpha value is -3.95. The number of nitrogens with zero attached hydrogens (tertiary/aromatic N) is 10. The van der Waals surface area contributed by atoms with Crippen LogP contribution >= 0.6 is 0 Å². The quantitative estimate of drug-likeness (QED) is 0.189. The van der Waals surface area contributed by atoms with E-state index in [1.54, 1.807) is 38.2 Å².